The van der Waals surface area contributed by atoms with Crippen LogP contribution in [0.1, 0.15) is 49.9 Å². The van der Waals surface area contributed by atoms with Crippen LogP contribution in [0, 0.1) is 13.8 Å². The Balaban J connectivity index is 1.49. The predicted octanol–water partition coefficient (Wildman–Crippen LogP) is 6.23. The number of hydrogen-bond acceptors (Lipinski definition) is 8. The van der Waals surface area contributed by atoms with Crippen molar-refractivity contribution in [2.45, 2.75) is 33.4 Å². The van der Waals surface area contributed by atoms with E-state index in [4.69, 9.17) is 4.74 Å². The maximum atomic E-state index is 13.3. The number of amides is 1. The van der Waals surface area contributed by atoms with Crippen LogP contribution in [0.25, 0.3) is 5.76 Å². The molecule has 2 aromatic heterocycles. The van der Waals surface area contributed by atoms with E-state index >= 15 is 0 Å². The number of aryl methyl sites for hydroxylation is 2. The van der Waals surface area contributed by atoms with Gasteiger partial charge in [0.15, 0.2) is 10.9 Å². The van der Waals surface area contributed by atoms with E-state index in [0.29, 0.717) is 33.4 Å². The van der Waals surface area contributed by atoms with Gasteiger partial charge in [-0.05, 0) is 55.1 Å². The standard InChI is InChI=1S/C29H24N2O5S2/c1-16-6-4-7-19(14-16)15-36-21-11-9-20(10-12-21)25(33)23-24(22-8-5-13-37-22)31(28(35)26(23)34)29-30-17(2)27(38-29)18(3)32/h4-14,24,33H,15H2,1-3H3/b25-23+. The van der Waals surface area contributed by atoms with Crippen LogP contribution in [0.15, 0.2) is 71.6 Å². The summed E-state index contributed by atoms with van der Waals surface area (Å²) < 4.78 is 5.87. The third-order valence-corrected chi connectivity index (χ3v) is 8.37. The van der Waals surface area contributed by atoms with Crippen molar-refractivity contribution in [1.82, 2.24) is 4.98 Å². The van der Waals surface area contributed by atoms with Crippen molar-refractivity contribution < 1.29 is 24.2 Å². The molecule has 1 aliphatic rings. The number of benzene rings is 2. The molecule has 38 heavy (non-hydrogen) atoms. The van der Waals surface area contributed by atoms with Gasteiger partial charge in [0, 0.05) is 17.4 Å². The highest BCUT2D eigenvalue weighted by Crippen LogP contribution is 2.45. The van der Waals surface area contributed by atoms with E-state index in [1.165, 1.54) is 23.2 Å². The minimum atomic E-state index is -0.863. The van der Waals surface area contributed by atoms with Gasteiger partial charge in [-0.2, -0.15) is 0 Å². The van der Waals surface area contributed by atoms with Gasteiger partial charge < -0.3 is 9.84 Å². The lowest BCUT2D eigenvalue weighted by Crippen LogP contribution is -2.29. The molecule has 0 bridgehead atoms. The van der Waals surface area contributed by atoms with Crippen LogP contribution in [-0.4, -0.2) is 27.6 Å². The minimum absolute atomic E-state index is 0.0249. The summed E-state index contributed by atoms with van der Waals surface area (Å²) in [6, 6.07) is 17.5. The Morgan fingerprint density at radius 1 is 1.08 bits per heavy atom. The van der Waals surface area contributed by atoms with Crippen molar-refractivity contribution in [3.8, 4) is 5.75 Å². The number of carbonyl (C=O) groups is 3. The smallest absolute Gasteiger partial charge is 0.301 e. The second-order valence-corrected chi connectivity index (χ2v) is 10.9. The Hall–Kier alpha value is -4.08. The lowest BCUT2D eigenvalue weighted by Gasteiger charge is -2.21. The first-order valence-corrected chi connectivity index (χ1v) is 13.6. The number of thiophene rings is 1. The molecule has 0 spiro atoms. The van der Waals surface area contributed by atoms with Gasteiger partial charge in [0.1, 0.15) is 24.2 Å². The van der Waals surface area contributed by atoms with E-state index in [1.807, 2.05) is 42.6 Å². The third-order valence-electron chi connectivity index (χ3n) is 6.18. The summed E-state index contributed by atoms with van der Waals surface area (Å²) in [7, 11) is 0. The van der Waals surface area contributed by atoms with E-state index in [9.17, 15) is 19.5 Å². The second-order valence-electron chi connectivity index (χ2n) is 8.95. The number of aliphatic hydroxyl groups excluding tert-OH is 1. The van der Waals surface area contributed by atoms with Crippen LogP contribution in [-0.2, 0) is 16.2 Å². The number of ether oxygens (including phenoxy) is 1. The monoisotopic (exact) mass is 544 g/mol. The van der Waals surface area contributed by atoms with Crippen molar-refractivity contribution in [3.63, 3.8) is 0 Å². The number of thiazole rings is 1. The predicted molar refractivity (Wildman–Crippen MR) is 148 cm³/mol. The number of ketones is 2. The van der Waals surface area contributed by atoms with Gasteiger partial charge in [0.25, 0.3) is 5.78 Å². The van der Waals surface area contributed by atoms with Gasteiger partial charge in [-0.15, -0.1) is 11.3 Å². The van der Waals surface area contributed by atoms with E-state index in [-0.39, 0.29) is 22.2 Å². The molecule has 2 aromatic carbocycles. The molecular formula is C29H24N2O5S2. The van der Waals surface area contributed by atoms with Gasteiger partial charge >= 0.3 is 5.91 Å². The molecule has 1 saturated heterocycles. The zero-order valence-corrected chi connectivity index (χ0v) is 22.6. The van der Waals surface area contributed by atoms with Gasteiger partial charge in [0.2, 0.25) is 0 Å². The van der Waals surface area contributed by atoms with Crippen LogP contribution in [0.2, 0.25) is 0 Å². The van der Waals surface area contributed by atoms with Gasteiger partial charge in [0.05, 0.1) is 16.1 Å². The number of aliphatic hydroxyl groups is 1. The molecule has 1 fully saturated rings. The van der Waals surface area contributed by atoms with Crippen LogP contribution < -0.4 is 9.64 Å². The number of anilines is 1. The van der Waals surface area contributed by atoms with E-state index in [0.717, 1.165) is 22.5 Å². The SMILES string of the molecule is CC(=O)c1sc(N2C(=O)C(=O)/C(=C(/O)c3ccc(OCc4cccc(C)c4)cc3)C2c2cccs2)nc1C. The third kappa shape index (κ3) is 4.78. The van der Waals surface area contributed by atoms with Gasteiger partial charge in [-0.1, -0.05) is 47.2 Å². The Morgan fingerprint density at radius 2 is 1.84 bits per heavy atom. The van der Waals surface area contributed by atoms with E-state index in [2.05, 4.69) is 4.98 Å². The van der Waals surface area contributed by atoms with Crippen LogP contribution in [0.3, 0.4) is 0 Å². The molecule has 0 aliphatic carbocycles. The highest BCUT2D eigenvalue weighted by molar-refractivity contribution is 7.18. The van der Waals surface area contributed by atoms with Crippen molar-refractivity contribution in [2.75, 3.05) is 4.90 Å². The van der Waals surface area contributed by atoms with Crippen LogP contribution >= 0.6 is 22.7 Å². The fraction of sp³-hybridized carbons (Fsp3) is 0.172. The molecule has 3 heterocycles. The quantitative estimate of drug-likeness (QED) is 0.128. The Morgan fingerprint density at radius 3 is 2.47 bits per heavy atom. The molecule has 192 valence electrons. The Kier molecular flexibility index (Phi) is 6.96. The molecule has 1 amide bonds. The summed E-state index contributed by atoms with van der Waals surface area (Å²) >= 11 is 2.43. The molecule has 0 saturated carbocycles. The van der Waals surface area contributed by atoms with Crippen LogP contribution in [0.4, 0.5) is 5.13 Å². The second kappa shape index (κ2) is 10.4. The molecule has 1 N–H and O–H groups in total. The number of hydrogen-bond donors (Lipinski definition) is 1. The summed E-state index contributed by atoms with van der Waals surface area (Å²) in [5.74, 6) is -1.45. The number of carbonyl (C=O) groups excluding carboxylic acids is 3. The normalized spacial score (nSPS) is 16.7. The lowest BCUT2D eigenvalue weighted by molar-refractivity contribution is -0.132. The fourth-order valence-corrected chi connectivity index (χ4v) is 6.20. The van der Waals surface area contributed by atoms with Crippen molar-refractivity contribution in [2.24, 2.45) is 0 Å². The topological polar surface area (TPSA) is 96.8 Å². The number of rotatable bonds is 7. The molecule has 7 nitrogen and oxygen atoms in total. The van der Waals surface area contributed by atoms with Crippen molar-refractivity contribution in [1.29, 1.82) is 0 Å². The molecule has 0 radical (unpaired) electrons. The molecule has 5 rings (SSSR count). The highest BCUT2D eigenvalue weighted by atomic mass is 32.1. The maximum absolute atomic E-state index is 13.3. The first kappa shape index (κ1) is 25.6. The molecule has 1 aliphatic heterocycles. The minimum Gasteiger partial charge on any atom is -0.507 e. The van der Waals surface area contributed by atoms with E-state index < -0.39 is 17.7 Å². The summed E-state index contributed by atoms with van der Waals surface area (Å²) in [5.41, 5.74) is 3.03. The van der Waals surface area contributed by atoms with E-state index in [1.54, 1.807) is 37.3 Å². The van der Waals surface area contributed by atoms with Gasteiger partial charge in [-0.25, -0.2) is 4.98 Å². The zero-order valence-electron chi connectivity index (χ0n) is 20.9. The number of aromatic nitrogens is 1. The zero-order chi connectivity index (χ0) is 27.0. The largest absolute Gasteiger partial charge is 0.507 e. The first-order chi connectivity index (χ1) is 18.2. The highest BCUT2D eigenvalue weighted by Gasteiger charge is 2.48. The first-order valence-electron chi connectivity index (χ1n) is 11.9. The van der Waals surface area contributed by atoms with Crippen molar-refractivity contribution >= 4 is 51.0 Å². The van der Waals surface area contributed by atoms with Crippen LogP contribution in [0.5, 0.6) is 5.75 Å². The molecule has 4 aromatic rings. The summed E-state index contributed by atoms with van der Waals surface area (Å²) in [5, 5.41) is 13.4. The molecule has 1 atom stereocenters. The Bertz CT molecular complexity index is 1570. The molecular weight excluding hydrogens is 520 g/mol. The number of Topliss-reactive ketones (excluding diaryl/α,β-unsaturated/α-hetero) is 2. The van der Waals surface area contributed by atoms with Crippen molar-refractivity contribution in [3.05, 3.63) is 104 Å². The summed E-state index contributed by atoms with van der Waals surface area (Å²) in [4.78, 5) is 45.4. The maximum Gasteiger partial charge on any atom is 0.301 e. The molecule has 1 unspecified atom stereocenters. The molecule has 9 heteroatoms. The Labute approximate surface area is 227 Å². The lowest BCUT2D eigenvalue weighted by atomic mass is 10.00. The average Bonchev–Trinajstić information content (AvgIpc) is 3.62. The summed E-state index contributed by atoms with van der Waals surface area (Å²) in [6.45, 7) is 5.54. The fourth-order valence-electron chi connectivity index (χ4n) is 4.39. The average molecular weight is 545 g/mol. The van der Waals surface area contributed by atoms with Gasteiger partial charge in [-0.3, -0.25) is 19.3 Å². The number of nitrogens with zero attached hydrogens (tertiary/aromatic N) is 2. The summed E-state index contributed by atoms with van der Waals surface area (Å²) in [6.07, 6.45) is 0.